The van der Waals surface area contributed by atoms with E-state index in [2.05, 4.69) is 56.5 Å². The summed E-state index contributed by atoms with van der Waals surface area (Å²) in [5, 5.41) is 51.3. The van der Waals surface area contributed by atoms with E-state index in [9.17, 15) is 58.4 Å². The lowest BCUT2D eigenvalue weighted by molar-refractivity contribution is 0.105. The molecule has 0 spiro atoms. The van der Waals surface area contributed by atoms with E-state index in [0.29, 0.717) is 0 Å². The van der Waals surface area contributed by atoms with Gasteiger partial charge < -0.3 is 56.1 Å². The molecular formula is C31H42N12O16S4. The molecule has 0 bridgehead atoms. The van der Waals surface area contributed by atoms with E-state index in [1.165, 1.54) is 54.4 Å². The first-order valence-corrected chi connectivity index (χ1v) is 23.4. The van der Waals surface area contributed by atoms with E-state index >= 15 is 0 Å². The van der Waals surface area contributed by atoms with Crippen LogP contribution in [0.4, 0.5) is 47.1 Å². The van der Waals surface area contributed by atoms with Gasteiger partial charge in [0.2, 0.25) is 35.7 Å². The largest absolute Gasteiger partial charge is 0.394 e. The van der Waals surface area contributed by atoms with Crippen LogP contribution in [0.15, 0.2) is 41.3 Å². The molecule has 0 amide bonds. The van der Waals surface area contributed by atoms with Crippen LogP contribution in [0.2, 0.25) is 0 Å². The Morgan fingerprint density at radius 2 is 1.17 bits per heavy atom. The van der Waals surface area contributed by atoms with Gasteiger partial charge in [-0.3, -0.25) is 18.2 Å². The zero-order valence-electron chi connectivity index (χ0n) is 32.5. The number of rotatable bonds is 25. The van der Waals surface area contributed by atoms with Gasteiger partial charge in [-0.05, 0) is 29.8 Å². The number of benzene rings is 2. The fourth-order valence-corrected chi connectivity index (χ4v) is 6.63. The Morgan fingerprint density at radius 3 is 1.71 bits per heavy atom. The molecule has 4 rings (SSSR count). The summed E-state index contributed by atoms with van der Waals surface area (Å²) in [7, 11) is -12.3. The van der Waals surface area contributed by atoms with Crippen LogP contribution in [0.5, 0.6) is 5.75 Å². The lowest BCUT2D eigenvalue weighted by atomic mass is 10.1. The van der Waals surface area contributed by atoms with Crippen LogP contribution in [0.1, 0.15) is 11.1 Å². The van der Waals surface area contributed by atoms with E-state index in [1.54, 1.807) is 0 Å². The third-order valence-electron chi connectivity index (χ3n) is 7.76. The maximum Gasteiger partial charge on any atom is 0.357 e. The molecule has 28 nitrogen and oxygen atoms in total. The normalized spacial score (nSPS) is 13.5. The Labute approximate surface area is 361 Å². The molecule has 0 fully saturated rings. The molecule has 4 aromatic rings. The number of nitrogens with zero attached hydrogens (tertiary/aromatic N) is 7. The maximum atomic E-state index is 12.6. The SMILES string of the molecule is CN(CCS(=O)(=O)O)c1nc(NCC(O)CO)nc(Nc2ccc(C=Cc3ccc(Nc4nc(NCCS(=O)(=O)O)nc(NCC(O)CO)n4)cc3OS(=O)O)c(S(=O)(=O)O)c2)n1. The summed E-state index contributed by atoms with van der Waals surface area (Å²) >= 11 is -2.88. The van der Waals surface area contributed by atoms with Crippen LogP contribution in [0, 0.1) is 0 Å². The van der Waals surface area contributed by atoms with Gasteiger partial charge in [0.05, 0.1) is 36.9 Å². The Morgan fingerprint density at radius 1 is 0.698 bits per heavy atom. The lowest BCUT2D eigenvalue weighted by Crippen LogP contribution is -2.28. The summed E-state index contributed by atoms with van der Waals surface area (Å²) in [6.45, 7) is -2.21. The first kappa shape index (κ1) is 50.1. The Hall–Kier alpha value is -5.52. The molecule has 2 aromatic heterocycles. The number of aromatic nitrogens is 6. The van der Waals surface area contributed by atoms with Crippen molar-refractivity contribution in [3.8, 4) is 5.75 Å². The molecule has 0 aliphatic rings. The first-order chi connectivity index (χ1) is 29.5. The molecule has 13 N–H and O–H groups in total. The van der Waals surface area contributed by atoms with Crippen LogP contribution in [0.25, 0.3) is 12.2 Å². The highest BCUT2D eigenvalue weighted by molar-refractivity contribution is 7.86. The molecule has 0 aliphatic heterocycles. The Balaban J connectivity index is 1.64. The summed E-state index contributed by atoms with van der Waals surface area (Å²) in [5.74, 6) is -2.65. The van der Waals surface area contributed by atoms with Crippen molar-refractivity contribution in [3.63, 3.8) is 0 Å². The summed E-state index contributed by atoms with van der Waals surface area (Å²) < 4.78 is 125. The van der Waals surface area contributed by atoms with E-state index in [4.69, 9.17) is 13.8 Å². The third-order valence-corrected chi connectivity index (χ3v) is 10.4. The second kappa shape index (κ2) is 22.2. The monoisotopic (exact) mass is 966 g/mol. The minimum absolute atomic E-state index is 0.00651. The topological polar surface area (TPSA) is 431 Å². The molecule has 0 saturated carbocycles. The van der Waals surface area contributed by atoms with E-state index < -0.39 is 83.5 Å². The highest BCUT2D eigenvalue weighted by atomic mass is 32.2. The van der Waals surface area contributed by atoms with Gasteiger partial charge in [0.1, 0.15) is 4.90 Å². The standard InChI is InChI=1S/C31H42N12O16S4/c1-43(9-11-62(53,54)55)31-41-28(34-15-23(47)17-45)40-30(42-31)36-21-7-5-19(25(13-21)63(56,57)58)3-2-18-4-6-20(12-24(18)59-60(48)49)35-29-38-26(32-8-10-61(50,51)52)37-27(39-29)33-14-22(46)16-44/h2-7,12-13,22-23,44-47H,8-11,14-17H2,1H3,(H,48,49)(H,50,51,52)(H,53,54,55)(H,56,57,58)(H2,34,36,40,41,42)(H3,32,33,35,37,38,39). The quantitative estimate of drug-likeness (QED) is 0.0207. The zero-order valence-corrected chi connectivity index (χ0v) is 35.8. The van der Waals surface area contributed by atoms with Crippen LogP contribution >= 0.6 is 0 Å². The average molecular weight is 967 g/mol. The summed E-state index contributed by atoms with van der Waals surface area (Å²) in [6.07, 6.45) is 0.105. The summed E-state index contributed by atoms with van der Waals surface area (Å²) in [6, 6.07) is 7.70. The van der Waals surface area contributed by atoms with Crippen molar-refractivity contribution < 1.29 is 72.3 Å². The van der Waals surface area contributed by atoms with Gasteiger partial charge in [-0.2, -0.15) is 59.4 Å². The minimum atomic E-state index is -4.95. The van der Waals surface area contributed by atoms with Crippen LogP contribution in [0.3, 0.4) is 0 Å². The van der Waals surface area contributed by atoms with Crippen molar-refractivity contribution in [1.29, 1.82) is 0 Å². The molecule has 0 aliphatic carbocycles. The molecule has 3 unspecified atom stereocenters. The molecule has 346 valence electrons. The Kier molecular flexibility index (Phi) is 17.7. The highest BCUT2D eigenvalue weighted by Crippen LogP contribution is 2.30. The van der Waals surface area contributed by atoms with Crippen molar-refractivity contribution in [2.75, 3.05) is 89.4 Å². The number of hydrogen-bond donors (Lipinski definition) is 13. The second-order valence-electron chi connectivity index (χ2n) is 12.8. The second-order valence-corrected chi connectivity index (χ2v) is 17.9. The predicted molar refractivity (Wildman–Crippen MR) is 227 cm³/mol. The molecule has 0 saturated heterocycles. The van der Waals surface area contributed by atoms with E-state index in [-0.39, 0.29) is 90.1 Å². The molecule has 2 aromatic carbocycles. The number of aliphatic hydroxyl groups excluding tert-OH is 4. The number of aliphatic hydroxyl groups is 4. The number of nitrogens with one attached hydrogen (secondary N) is 5. The van der Waals surface area contributed by atoms with Gasteiger partial charge >= 0.3 is 11.4 Å². The summed E-state index contributed by atoms with van der Waals surface area (Å²) in [5.41, 5.74) is 0.171. The van der Waals surface area contributed by atoms with Gasteiger partial charge in [-0.1, -0.05) is 18.2 Å². The van der Waals surface area contributed by atoms with Crippen molar-refractivity contribution in [1.82, 2.24) is 29.9 Å². The number of hydrogen-bond acceptors (Lipinski definition) is 24. The zero-order chi connectivity index (χ0) is 46.5. The van der Waals surface area contributed by atoms with Gasteiger partial charge in [0, 0.05) is 56.2 Å². The van der Waals surface area contributed by atoms with Crippen LogP contribution in [-0.2, 0) is 41.7 Å². The molecular weight excluding hydrogens is 925 g/mol. The van der Waals surface area contributed by atoms with Gasteiger partial charge in [0.25, 0.3) is 30.4 Å². The van der Waals surface area contributed by atoms with Gasteiger partial charge in [-0.15, -0.1) is 0 Å². The molecule has 2 heterocycles. The van der Waals surface area contributed by atoms with E-state index in [0.717, 1.165) is 6.07 Å². The minimum Gasteiger partial charge on any atom is -0.394 e. The lowest BCUT2D eigenvalue weighted by Gasteiger charge is -2.18. The molecule has 3 atom stereocenters. The van der Waals surface area contributed by atoms with Crippen molar-refractivity contribution in [3.05, 3.63) is 47.5 Å². The van der Waals surface area contributed by atoms with Crippen LogP contribution < -0.4 is 35.7 Å². The van der Waals surface area contributed by atoms with Gasteiger partial charge in [-0.25, -0.2) is 0 Å². The first-order valence-electron chi connectivity index (χ1n) is 17.7. The fraction of sp³-hybridized carbons (Fsp3) is 0.355. The maximum absolute atomic E-state index is 12.6. The summed E-state index contributed by atoms with van der Waals surface area (Å²) in [4.78, 5) is 25.4. The van der Waals surface area contributed by atoms with Crippen molar-refractivity contribution in [2.45, 2.75) is 17.1 Å². The van der Waals surface area contributed by atoms with Crippen LogP contribution in [-0.4, -0.2) is 168 Å². The van der Waals surface area contributed by atoms with Gasteiger partial charge in [0.15, 0.2) is 5.75 Å². The number of anilines is 8. The smallest absolute Gasteiger partial charge is 0.357 e. The Bertz CT molecular complexity index is 2610. The van der Waals surface area contributed by atoms with Crippen molar-refractivity contribution in [2.24, 2.45) is 0 Å². The van der Waals surface area contributed by atoms with E-state index in [1.807, 2.05) is 0 Å². The fourth-order valence-electron chi connectivity index (χ4n) is 4.76. The molecule has 63 heavy (non-hydrogen) atoms. The molecule has 0 radical (unpaired) electrons. The molecule has 32 heteroatoms. The van der Waals surface area contributed by atoms with Crippen molar-refractivity contribution >= 4 is 101 Å². The average Bonchev–Trinajstić information content (AvgIpc) is 3.19. The highest BCUT2D eigenvalue weighted by Gasteiger charge is 2.19. The third kappa shape index (κ3) is 17.3. The predicted octanol–water partition coefficient (Wildman–Crippen LogP) is -1.37.